The Bertz CT molecular complexity index is 565. The van der Waals surface area contributed by atoms with Crippen molar-refractivity contribution in [3.8, 4) is 0 Å². The predicted octanol–water partition coefficient (Wildman–Crippen LogP) is 4.32. The Labute approximate surface area is 124 Å². The van der Waals surface area contributed by atoms with Crippen molar-refractivity contribution >= 4 is 22.6 Å². The second-order valence-corrected chi connectivity index (χ2v) is 6.33. The van der Waals surface area contributed by atoms with Crippen LogP contribution in [0, 0.1) is 29.2 Å². The van der Waals surface area contributed by atoms with Gasteiger partial charge in [-0.15, -0.1) is 0 Å². The number of hydrogen-bond donors (Lipinski definition) is 1. The number of benzene rings is 1. The van der Waals surface area contributed by atoms with E-state index in [0.717, 1.165) is 25.0 Å². The quantitative estimate of drug-likeness (QED) is 0.616. The largest absolute Gasteiger partial charge is 0.330 e. The average Bonchev–Trinajstić information content (AvgIpc) is 2.49. The first-order chi connectivity index (χ1) is 10.1. The molecule has 2 nitrogen and oxygen atoms in total. The number of aliphatic imine (C=N–C) groups is 1. The molecule has 21 heavy (non-hydrogen) atoms. The maximum Gasteiger partial charge on any atom is 0.185 e. The van der Waals surface area contributed by atoms with Gasteiger partial charge in [0.05, 0.1) is 6.04 Å². The molecule has 3 rings (SSSR count). The van der Waals surface area contributed by atoms with Crippen LogP contribution in [0.5, 0.6) is 0 Å². The van der Waals surface area contributed by atoms with Crippen molar-refractivity contribution in [2.75, 3.05) is 11.1 Å². The summed E-state index contributed by atoms with van der Waals surface area (Å²) in [7, 11) is 0. The Balaban J connectivity index is 1.86. The molecule has 1 N–H and O–H groups in total. The summed E-state index contributed by atoms with van der Waals surface area (Å²) in [6, 6.07) is 0.329. The molecule has 0 saturated heterocycles. The monoisotopic (exact) mass is 318 g/mol. The Morgan fingerprint density at radius 2 is 1.71 bits per heavy atom. The summed E-state index contributed by atoms with van der Waals surface area (Å²) >= 11 is 1.33. The van der Waals surface area contributed by atoms with E-state index >= 15 is 0 Å². The number of fused-ring (bicyclic) bond motifs is 1. The van der Waals surface area contributed by atoms with E-state index in [4.69, 9.17) is 0 Å². The van der Waals surface area contributed by atoms with Gasteiger partial charge in [-0.25, -0.2) is 17.6 Å². The van der Waals surface area contributed by atoms with Crippen LogP contribution < -0.4 is 5.32 Å². The molecule has 1 aromatic carbocycles. The van der Waals surface area contributed by atoms with Crippen LogP contribution in [0.4, 0.5) is 23.2 Å². The highest BCUT2D eigenvalue weighted by Crippen LogP contribution is 2.35. The van der Waals surface area contributed by atoms with Gasteiger partial charge in [0.25, 0.3) is 0 Å². The molecule has 1 heterocycles. The van der Waals surface area contributed by atoms with E-state index in [1.54, 1.807) is 0 Å². The van der Waals surface area contributed by atoms with Crippen molar-refractivity contribution in [1.82, 2.24) is 0 Å². The Kier molecular flexibility index (Phi) is 4.10. The summed E-state index contributed by atoms with van der Waals surface area (Å²) in [6.45, 7) is 0. The van der Waals surface area contributed by atoms with Crippen LogP contribution in [0.25, 0.3) is 0 Å². The third kappa shape index (κ3) is 2.88. The second-order valence-electron chi connectivity index (χ2n) is 5.33. The van der Waals surface area contributed by atoms with Crippen LogP contribution in [0.3, 0.4) is 0 Å². The maximum atomic E-state index is 13.6. The van der Waals surface area contributed by atoms with Crippen molar-refractivity contribution in [3.05, 3.63) is 29.3 Å². The molecule has 2 atom stereocenters. The van der Waals surface area contributed by atoms with Crippen LogP contribution in [-0.4, -0.2) is 17.0 Å². The van der Waals surface area contributed by atoms with Crippen molar-refractivity contribution in [2.45, 2.75) is 31.7 Å². The summed E-state index contributed by atoms with van der Waals surface area (Å²) in [6.07, 6.45) is 4.31. The SMILES string of the molecule is Fc1cc(F)c(F)c(NC2=NC3CCCCC3CS2)c1F. The minimum absolute atomic E-state index is 0.132. The molecule has 0 amide bonds. The zero-order chi connectivity index (χ0) is 15.0. The number of rotatable bonds is 1. The number of amidine groups is 1. The fourth-order valence-electron chi connectivity index (χ4n) is 2.78. The standard InChI is InChI=1S/C14H14F4N2S/c15-8-5-9(16)12(18)13(11(8)17)20-14-19-10-4-2-1-3-7(10)6-21-14/h5,7,10H,1-4,6H2,(H,19,20). The molecule has 1 aliphatic heterocycles. The number of thioether (sulfide) groups is 1. The molecule has 0 aromatic heterocycles. The van der Waals surface area contributed by atoms with Crippen molar-refractivity contribution in [2.24, 2.45) is 10.9 Å². The van der Waals surface area contributed by atoms with E-state index in [1.807, 2.05) is 0 Å². The highest BCUT2D eigenvalue weighted by molar-refractivity contribution is 8.14. The summed E-state index contributed by atoms with van der Waals surface area (Å²) < 4.78 is 53.6. The molecular formula is C14H14F4N2S. The smallest absolute Gasteiger partial charge is 0.185 e. The minimum Gasteiger partial charge on any atom is -0.330 e. The summed E-state index contributed by atoms with van der Waals surface area (Å²) in [5.74, 6) is -4.42. The molecule has 1 fully saturated rings. The number of hydrogen-bond acceptors (Lipinski definition) is 3. The van der Waals surface area contributed by atoms with E-state index in [1.165, 1.54) is 18.2 Å². The van der Waals surface area contributed by atoms with Gasteiger partial charge in [0.15, 0.2) is 28.4 Å². The van der Waals surface area contributed by atoms with E-state index in [-0.39, 0.29) is 12.1 Å². The van der Waals surface area contributed by atoms with Crippen LogP contribution in [-0.2, 0) is 0 Å². The van der Waals surface area contributed by atoms with Gasteiger partial charge in [-0.2, -0.15) is 0 Å². The number of nitrogens with one attached hydrogen (secondary N) is 1. The molecule has 0 radical (unpaired) electrons. The molecule has 2 unspecified atom stereocenters. The zero-order valence-electron chi connectivity index (χ0n) is 11.1. The number of halogens is 4. The van der Waals surface area contributed by atoms with E-state index in [9.17, 15) is 17.6 Å². The predicted molar refractivity (Wildman–Crippen MR) is 75.5 cm³/mol. The number of nitrogens with zero attached hydrogens (tertiary/aromatic N) is 1. The van der Waals surface area contributed by atoms with E-state index in [2.05, 4.69) is 10.3 Å². The first-order valence-electron chi connectivity index (χ1n) is 6.87. The fraction of sp³-hybridized carbons (Fsp3) is 0.500. The molecule has 1 saturated carbocycles. The van der Waals surface area contributed by atoms with Gasteiger partial charge in [0.2, 0.25) is 0 Å². The highest BCUT2D eigenvalue weighted by atomic mass is 32.2. The number of anilines is 1. The molecule has 0 spiro atoms. The van der Waals surface area contributed by atoms with Crippen LogP contribution in [0.1, 0.15) is 25.7 Å². The lowest BCUT2D eigenvalue weighted by atomic mass is 9.86. The topological polar surface area (TPSA) is 24.4 Å². The first kappa shape index (κ1) is 14.7. The van der Waals surface area contributed by atoms with Crippen LogP contribution >= 0.6 is 11.8 Å². The third-order valence-electron chi connectivity index (χ3n) is 3.93. The van der Waals surface area contributed by atoms with Crippen molar-refractivity contribution in [1.29, 1.82) is 0 Å². The first-order valence-corrected chi connectivity index (χ1v) is 7.85. The highest BCUT2D eigenvalue weighted by Gasteiger charge is 2.30. The lowest BCUT2D eigenvalue weighted by Gasteiger charge is -2.32. The molecule has 7 heteroatoms. The molecule has 1 aliphatic carbocycles. The van der Waals surface area contributed by atoms with E-state index < -0.39 is 29.0 Å². The van der Waals surface area contributed by atoms with Crippen molar-refractivity contribution < 1.29 is 17.6 Å². The molecule has 1 aromatic rings. The maximum absolute atomic E-state index is 13.6. The van der Waals surface area contributed by atoms with Gasteiger partial charge < -0.3 is 5.32 Å². The fourth-order valence-corrected chi connectivity index (χ4v) is 3.93. The molecule has 0 bridgehead atoms. The lowest BCUT2D eigenvalue weighted by molar-refractivity contribution is 0.336. The van der Waals surface area contributed by atoms with Gasteiger partial charge >= 0.3 is 0 Å². The Morgan fingerprint density at radius 1 is 1.05 bits per heavy atom. The minimum atomic E-state index is -1.43. The average molecular weight is 318 g/mol. The summed E-state index contributed by atoms with van der Waals surface area (Å²) in [4.78, 5) is 4.43. The van der Waals surface area contributed by atoms with Gasteiger partial charge in [-0.3, -0.25) is 4.99 Å². The Morgan fingerprint density at radius 3 is 2.43 bits per heavy atom. The van der Waals surface area contributed by atoms with Gasteiger partial charge in [-0.05, 0) is 18.8 Å². The zero-order valence-corrected chi connectivity index (χ0v) is 12.0. The lowest BCUT2D eigenvalue weighted by Crippen LogP contribution is -2.32. The molecule has 114 valence electrons. The van der Waals surface area contributed by atoms with E-state index in [0.29, 0.717) is 11.1 Å². The van der Waals surface area contributed by atoms with Gasteiger partial charge in [0, 0.05) is 11.8 Å². The van der Waals surface area contributed by atoms with Gasteiger partial charge in [-0.1, -0.05) is 24.6 Å². The molecular weight excluding hydrogens is 304 g/mol. The van der Waals surface area contributed by atoms with Crippen LogP contribution in [0.2, 0.25) is 0 Å². The van der Waals surface area contributed by atoms with Gasteiger partial charge in [0.1, 0.15) is 5.69 Å². The normalized spacial score (nSPS) is 25.2. The molecule has 2 aliphatic rings. The summed E-state index contributed by atoms with van der Waals surface area (Å²) in [5, 5.41) is 2.74. The Hall–Kier alpha value is -1.24. The third-order valence-corrected chi connectivity index (χ3v) is 5.01. The second kappa shape index (κ2) is 5.87. The van der Waals surface area contributed by atoms with Crippen LogP contribution in [0.15, 0.2) is 11.1 Å². The summed E-state index contributed by atoms with van der Waals surface area (Å²) in [5.41, 5.74) is -0.812. The van der Waals surface area contributed by atoms with Crippen molar-refractivity contribution in [3.63, 3.8) is 0 Å².